The van der Waals surface area contributed by atoms with E-state index in [0.717, 1.165) is 0 Å². The van der Waals surface area contributed by atoms with E-state index in [9.17, 15) is 0 Å². The van der Waals surface area contributed by atoms with Crippen LogP contribution in [0.15, 0.2) is 0 Å². The lowest BCUT2D eigenvalue weighted by atomic mass is 9.48. The largest absolute Gasteiger partial charge is 0.0499 e. The molecule has 0 heterocycles. The molecule has 5 aliphatic carbocycles. The molecule has 5 aliphatic rings. The molecule has 4 bridgehead atoms. The van der Waals surface area contributed by atoms with Gasteiger partial charge in [-0.1, -0.05) is 0 Å². The molecule has 76 valence electrons. The SMILES string of the molecule is C1C[C@@H]2C[C@@H]1C1C2C2C1[C@@H]1CC[C@H]2C1. The monoisotopic (exact) mass is 188 g/mol. The molecular formula is C14H20. The van der Waals surface area contributed by atoms with Gasteiger partial charge in [0.2, 0.25) is 0 Å². The average Bonchev–Trinajstić information content (AvgIpc) is 2.82. The van der Waals surface area contributed by atoms with Crippen LogP contribution in [0, 0.1) is 47.3 Å². The Morgan fingerprint density at radius 3 is 1.00 bits per heavy atom. The maximum absolute atomic E-state index is 1.65. The summed E-state index contributed by atoms with van der Waals surface area (Å²) in [5.41, 5.74) is 0. The summed E-state index contributed by atoms with van der Waals surface area (Å²) in [6.45, 7) is 0. The van der Waals surface area contributed by atoms with Crippen LogP contribution in [0.2, 0.25) is 0 Å². The molecule has 0 amide bonds. The van der Waals surface area contributed by atoms with Crippen LogP contribution in [0.1, 0.15) is 38.5 Å². The van der Waals surface area contributed by atoms with Crippen molar-refractivity contribution in [3.05, 3.63) is 0 Å². The molecule has 0 spiro atoms. The maximum Gasteiger partial charge on any atom is -0.0318 e. The molecule has 0 aliphatic heterocycles. The fraction of sp³-hybridized carbons (Fsp3) is 1.00. The van der Waals surface area contributed by atoms with Crippen molar-refractivity contribution in [3.8, 4) is 0 Å². The molecule has 5 saturated carbocycles. The summed E-state index contributed by atoms with van der Waals surface area (Å²) < 4.78 is 0. The first-order chi connectivity index (χ1) is 6.93. The van der Waals surface area contributed by atoms with E-state index in [1.165, 1.54) is 47.3 Å². The van der Waals surface area contributed by atoms with Gasteiger partial charge in [-0.05, 0) is 85.9 Å². The topological polar surface area (TPSA) is 0 Å². The zero-order chi connectivity index (χ0) is 8.86. The van der Waals surface area contributed by atoms with Crippen molar-refractivity contribution in [2.75, 3.05) is 0 Å². The number of hydrogen-bond donors (Lipinski definition) is 0. The first-order valence-electron chi connectivity index (χ1n) is 6.93. The molecule has 0 aromatic carbocycles. The van der Waals surface area contributed by atoms with Crippen molar-refractivity contribution in [1.82, 2.24) is 0 Å². The van der Waals surface area contributed by atoms with E-state index >= 15 is 0 Å². The van der Waals surface area contributed by atoms with Gasteiger partial charge >= 0.3 is 0 Å². The summed E-state index contributed by atoms with van der Waals surface area (Å²) in [6, 6.07) is 0. The predicted octanol–water partition coefficient (Wildman–Crippen LogP) is 3.32. The second-order valence-electron chi connectivity index (χ2n) is 6.98. The predicted molar refractivity (Wildman–Crippen MR) is 55.6 cm³/mol. The van der Waals surface area contributed by atoms with Gasteiger partial charge in [-0.2, -0.15) is 0 Å². The highest BCUT2D eigenvalue weighted by molar-refractivity contribution is 5.17. The standard InChI is InChI=1S/C14H20/c1-2-8-5-7(1)11-12(8)14-10-4-3-9(6-10)13(11)14/h7-14H,1-6H2/t7-,8-,9-,10+,11?,12?,13?,14?/m1/s1. The third-order valence-corrected chi connectivity index (χ3v) is 6.98. The zero-order valence-corrected chi connectivity index (χ0v) is 8.86. The third kappa shape index (κ3) is 0.581. The molecule has 0 N–H and O–H groups in total. The molecule has 5 fully saturated rings. The minimum absolute atomic E-state index is 1.21. The smallest absolute Gasteiger partial charge is 0.0318 e. The Kier molecular flexibility index (Phi) is 1.08. The summed E-state index contributed by atoms with van der Waals surface area (Å²) in [7, 11) is 0. The lowest BCUT2D eigenvalue weighted by Crippen LogP contribution is -2.52. The van der Waals surface area contributed by atoms with E-state index in [1.54, 1.807) is 38.5 Å². The summed E-state index contributed by atoms with van der Waals surface area (Å²) in [5, 5.41) is 0. The fourth-order valence-corrected chi connectivity index (χ4v) is 6.90. The molecule has 0 nitrogen and oxygen atoms in total. The molecule has 5 rings (SSSR count). The van der Waals surface area contributed by atoms with Crippen LogP contribution in [0.25, 0.3) is 0 Å². The van der Waals surface area contributed by atoms with E-state index in [-0.39, 0.29) is 0 Å². The Labute approximate surface area is 86.5 Å². The van der Waals surface area contributed by atoms with E-state index in [2.05, 4.69) is 0 Å². The van der Waals surface area contributed by atoms with E-state index in [0.29, 0.717) is 0 Å². The van der Waals surface area contributed by atoms with Crippen LogP contribution < -0.4 is 0 Å². The average molecular weight is 188 g/mol. The Hall–Kier alpha value is 0. The van der Waals surface area contributed by atoms with Crippen LogP contribution in [0.5, 0.6) is 0 Å². The number of hydrogen-bond acceptors (Lipinski definition) is 0. The Morgan fingerprint density at radius 2 is 0.714 bits per heavy atom. The van der Waals surface area contributed by atoms with Gasteiger partial charge in [-0.25, -0.2) is 0 Å². The molecule has 0 radical (unpaired) electrons. The number of fused-ring (bicyclic) bond motifs is 12. The van der Waals surface area contributed by atoms with Crippen molar-refractivity contribution in [1.29, 1.82) is 0 Å². The molecule has 0 aromatic rings. The van der Waals surface area contributed by atoms with Gasteiger partial charge in [0.1, 0.15) is 0 Å². The van der Waals surface area contributed by atoms with Gasteiger partial charge in [-0.15, -0.1) is 0 Å². The highest BCUT2D eigenvalue weighted by atomic mass is 14.7. The fourth-order valence-electron chi connectivity index (χ4n) is 6.90. The van der Waals surface area contributed by atoms with Gasteiger partial charge < -0.3 is 0 Å². The summed E-state index contributed by atoms with van der Waals surface area (Å²) in [5.74, 6) is 9.89. The lowest BCUT2D eigenvalue weighted by molar-refractivity contribution is -0.0918. The second-order valence-corrected chi connectivity index (χ2v) is 6.98. The molecule has 4 unspecified atom stereocenters. The highest BCUT2D eigenvalue weighted by Gasteiger charge is 2.69. The summed E-state index contributed by atoms with van der Waals surface area (Å²) in [6.07, 6.45) is 9.78. The van der Waals surface area contributed by atoms with Gasteiger partial charge in [0, 0.05) is 0 Å². The minimum atomic E-state index is 1.21. The first-order valence-corrected chi connectivity index (χ1v) is 6.93. The van der Waals surface area contributed by atoms with Gasteiger partial charge in [-0.3, -0.25) is 0 Å². The lowest BCUT2D eigenvalue weighted by Gasteiger charge is -2.57. The van der Waals surface area contributed by atoms with Crippen LogP contribution >= 0.6 is 0 Å². The highest BCUT2D eigenvalue weighted by Crippen LogP contribution is 2.75. The Bertz CT molecular complexity index is 228. The second kappa shape index (κ2) is 2.08. The van der Waals surface area contributed by atoms with Crippen LogP contribution in [0.4, 0.5) is 0 Å². The number of rotatable bonds is 0. The first kappa shape index (κ1) is 7.30. The quantitative estimate of drug-likeness (QED) is 0.547. The molecular weight excluding hydrogens is 168 g/mol. The Morgan fingerprint density at radius 1 is 0.429 bits per heavy atom. The van der Waals surface area contributed by atoms with Crippen LogP contribution in [-0.4, -0.2) is 0 Å². The van der Waals surface area contributed by atoms with E-state index in [4.69, 9.17) is 0 Å². The van der Waals surface area contributed by atoms with E-state index < -0.39 is 0 Å². The molecule has 0 aromatic heterocycles. The van der Waals surface area contributed by atoms with Crippen molar-refractivity contribution < 1.29 is 0 Å². The maximum atomic E-state index is 1.65. The van der Waals surface area contributed by atoms with Crippen molar-refractivity contribution in [3.63, 3.8) is 0 Å². The van der Waals surface area contributed by atoms with Crippen LogP contribution in [0.3, 0.4) is 0 Å². The summed E-state index contributed by atoms with van der Waals surface area (Å²) in [4.78, 5) is 0. The van der Waals surface area contributed by atoms with Gasteiger partial charge in [0.05, 0.1) is 0 Å². The van der Waals surface area contributed by atoms with E-state index in [1.807, 2.05) is 0 Å². The van der Waals surface area contributed by atoms with Gasteiger partial charge in [0.25, 0.3) is 0 Å². The van der Waals surface area contributed by atoms with Crippen molar-refractivity contribution >= 4 is 0 Å². The van der Waals surface area contributed by atoms with Crippen LogP contribution in [-0.2, 0) is 0 Å². The van der Waals surface area contributed by atoms with Crippen molar-refractivity contribution in [2.45, 2.75) is 38.5 Å². The summed E-state index contributed by atoms with van der Waals surface area (Å²) >= 11 is 0. The minimum Gasteiger partial charge on any atom is -0.0499 e. The van der Waals surface area contributed by atoms with Gasteiger partial charge in [0.15, 0.2) is 0 Å². The molecule has 8 atom stereocenters. The zero-order valence-electron chi connectivity index (χ0n) is 8.86. The van der Waals surface area contributed by atoms with Crippen molar-refractivity contribution in [2.24, 2.45) is 47.3 Å². The Balaban J connectivity index is 1.58. The third-order valence-electron chi connectivity index (χ3n) is 6.98. The molecule has 0 saturated heterocycles. The normalized spacial score (nSPS) is 72.0. The molecule has 14 heavy (non-hydrogen) atoms. The molecule has 0 heteroatoms.